The molecule has 2 aromatic heterocycles. The number of hydrogen-bond donors (Lipinski definition) is 4. The lowest BCUT2D eigenvalue weighted by Crippen LogP contribution is -2.45. The average molecular weight is 600 g/mol. The number of carbonyl (C=O) groups excluding carboxylic acids is 1. The zero-order valence-corrected chi connectivity index (χ0v) is 25.5. The number of hydrogen-bond acceptors (Lipinski definition) is 10. The number of phenolic OH excluding ortho intramolecular Hbond substituents is 1. The Morgan fingerprint density at radius 1 is 1.05 bits per heavy atom. The average Bonchev–Trinajstić information content (AvgIpc) is 3.43. The van der Waals surface area contributed by atoms with E-state index in [-0.39, 0.29) is 35.8 Å². The predicted molar refractivity (Wildman–Crippen MR) is 171 cm³/mol. The first-order valence-corrected chi connectivity index (χ1v) is 15.2. The van der Waals surface area contributed by atoms with Crippen LogP contribution < -0.4 is 22.1 Å². The molecule has 3 aliphatic heterocycles. The van der Waals surface area contributed by atoms with E-state index in [1.54, 1.807) is 24.3 Å². The van der Waals surface area contributed by atoms with Crippen molar-refractivity contribution in [3.63, 3.8) is 0 Å². The number of nitrogen functional groups attached to an aromatic ring is 2. The van der Waals surface area contributed by atoms with Crippen LogP contribution in [0.3, 0.4) is 0 Å². The van der Waals surface area contributed by atoms with Gasteiger partial charge in [-0.3, -0.25) is 9.58 Å². The smallest absolute Gasteiger partial charge is 0.411 e. The fraction of sp³-hybridized carbons (Fsp3) is 0.438. The van der Waals surface area contributed by atoms with Crippen molar-refractivity contribution in [2.45, 2.75) is 76.6 Å². The number of anilines is 3. The Labute approximate surface area is 257 Å². The highest BCUT2D eigenvalue weighted by Gasteiger charge is 2.41. The van der Waals surface area contributed by atoms with Crippen LogP contribution in [0.2, 0.25) is 0 Å². The summed E-state index contributed by atoms with van der Waals surface area (Å²) in [5.41, 5.74) is 22.3. The van der Waals surface area contributed by atoms with Crippen molar-refractivity contribution in [1.82, 2.24) is 24.6 Å². The minimum Gasteiger partial charge on any atom is -0.507 e. The van der Waals surface area contributed by atoms with Crippen LogP contribution in [0.1, 0.15) is 75.7 Å². The van der Waals surface area contributed by atoms with Crippen LogP contribution in [0.5, 0.6) is 5.75 Å². The first kappa shape index (κ1) is 29.3. The third-order valence-electron chi connectivity index (χ3n) is 8.62. The summed E-state index contributed by atoms with van der Waals surface area (Å²) >= 11 is 0. The summed E-state index contributed by atoms with van der Waals surface area (Å²) in [7, 11) is 0. The lowest BCUT2D eigenvalue weighted by molar-refractivity contribution is 0.0175. The van der Waals surface area contributed by atoms with E-state index in [1.165, 1.54) is 5.57 Å². The summed E-state index contributed by atoms with van der Waals surface area (Å²) in [6.45, 7) is 7.16. The van der Waals surface area contributed by atoms with Gasteiger partial charge in [0.25, 0.3) is 0 Å². The largest absolute Gasteiger partial charge is 0.507 e. The fourth-order valence-electron chi connectivity index (χ4n) is 6.45. The zero-order valence-electron chi connectivity index (χ0n) is 25.5. The molecule has 2 bridgehead atoms. The van der Waals surface area contributed by atoms with Gasteiger partial charge in [-0.2, -0.15) is 5.10 Å². The normalized spacial score (nSPS) is 21.0. The fourth-order valence-corrected chi connectivity index (χ4v) is 6.45. The lowest BCUT2D eigenvalue weighted by Gasteiger charge is -2.35. The molecule has 0 aliphatic carbocycles. The van der Waals surface area contributed by atoms with Crippen LogP contribution in [0.4, 0.5) is 22.2 Å². The molecule has 2 atom stereocenters. The quantitative estimate of drug-likeness (QED) is 0.329. The highest BCUT2D eigenvalue weighted by molar-refractivity contribution is 5.86. The predicted octanol–water partition coefficient (Wildman–Crippen LogP) is 4.40. The summed E-state index contributed by atoms with van der Waals surface area (Å²) in [5, 5.41) is 14.8. The molecule has 0 radical (unpaired) electrons. The van der Waals surface area contributed by atoms with Crippen molar-refractivity contribution >= 4 is 40.9 Å². The Balaban J connectivity index is 1.12. The molecule has 12 nitrogen and oxygen atoms in total. The number of aromatic hydroxyl groups is 1. The van der Waals surface area contributed by atoms with E-state index in [9.17, 15) is 9.90 Å². The van der Waals surface area contributed by atoms with Crippen LogP contribution in [0, 0.1) is 0 Å². The van der Waals surface area contributed by atoms with Crippen molar-refractivity contribution in [2.75, 3.05) is 29.5 Å². The van der Waals surface area contributed by atoms with E-state index < -0.39 is 5.60 Å². The highest BCUT2D eigenvalue weighted by Crippen LogP contribution is 2.39. The van der Waals surface area contributed by atoms with Crippen molar-refractivity contribution in [3.8, 4) is 5.75 Å². The Bertz CT molecular complexity index is 1600. The van der Waals surface area contributed by atoms with Gasteiger partial charge < -0.3 is 31.9 Å². The van der Waals surface area contributed by atoms with Gasteiger partial charge >= 0.3 is 6.09 Å². The number of nitrogens with two attached hydrogens (primary N) is 3. The van der Waals surface area contributed by atoms with Crippen molar-refractivity contribution in [1.29, 1.82) is 0 Å². The van der Waals surface area contributed by atoms with Gasteiger partial charge in [-0.05, 0) is 76.7 Å². The minimum absolute atomic E-state index is 0.0381. The van der Waals surface area contributed by atoms with E-state index in [1.807, 2.05) is 48.8 Å². The first-order chi connectivity index (χ1) is 21.0. The molecule has 3 aromatic rings. The zero-order chi connectivity index (χ0) is 31.2. The molecular formula is C32H41N9O3. The molecule has 5 heterocycles. The summed E-state index contributed by atoms with van der Waals surface area (Å²) in [5.74, 6) is 1.03. The van der Waals surface area contributed by atoms with Gasteiger partial charge in [-0.15, -0.1) is 0 Å². The molecule has 44 heavy (non-hydrogen) atoms. The van der Waals surface area contributed by atoms with Crippen LogP contribution in [0.25, 0.3) is 17.3 Å². The molecular weight excluding hydrogens is 558 g/mol. The van der Waals surface area contributed by atoms with E-state index >= 15 is 0 Å². The Morgan fingerprint density at radius 2 is 1.75 bits per heavy atom. The maximum atomic E-state index is 12.8. The van der Waals surface area contributed by atoms with Crippen LogP contribution in [0.15, 0.2) is 42.7 Å². The van der Waals surface area contributed by atoms with Crippen molar-refractivity contribution < 1.29 is 14.6 Å². The number of rotatable bonds is 5. The Kier molecular flexibility index (Phi) is 7.60. The monoisotopic (exact) mass is 599 g/mol. The highest BCUT2D eigenvalue weighted by atomic mass is 16.6. The second kappa shape index (κ2) is 11.4. The number of ether oxygens (including phenoxy) is 1. The minimum atomic E-state index is -0.516. The molecule has 0 spiro atoms. The SMILES string of the molecule is CC(C)(C)OC(=O)N1C2C=C(c3cnc(N4CCC(n5nc(N)c(N)c5/C=C(\N)c5ccccc5O)CC4)nc3)CC1CC2. The number of fused-ring (bicyclic) bond motifs is 2. The van der Waals surface area contributed by atoms with Gasteiger partial charge in [0.15, 0.2) is 5.82 Å². The van der Waals surface area contributed by atoms with E-state index in [4.69, 9.17) is 31.9 Å². The molecule has 2 saturated heterocycles. The van der Waals surface area contributed by atoms with E-state index in [0.717, 1.165) is 50.8 Å². The summed E-state index contributed by atoms with van der Waals surface area (Å²) in [4.78, 5) is 26.3. The lowest BCUT2D eigenvalue weighted by atomic mass is 9.97. The summed E-state index contributed by atoms with van der Waals surface area (Å²) in [6.07, 6.45) is 11.7. The number of aromatic nitrogens is 4. The maximum Gasteiger partial charge on any atom is 0.411 e. The van der Waals surface area contributed by atoms with Crippen LogP contribution in [-0.4, -0.2) is 66.6 Å². The molecule has 0 saturated carbocycles. The number of carbonyl (C=O) groups is 1. The molecule has 12 heteroatoms. The van der Waals surface area contributed by atoms with Gasteiger partial charge in [0.1, 0.15) is 17.0 Å². The number of benzene rings is 1. The molecule has 1 amide bonds. The van der Waals surface area contributed by atoms with Crippen molar-refractivity contribution in [2.24, 2.45) is 5.73 Å². The molecule has 2 unspecified atom stereocenters. The molecule has 1 aromatic carbocycles. The van der Waals surface area contributed by atoms with Crippen molar-refractivity contribution in [3.05, 3.63) is 59.6 Å². The number of nitrogens with zero attached hydrogens (tertiary/aromatic N) is 6. The summed E-state index contributed by atoms with van der Waals surface area (Å²) < 4.78 is 7.51. The topological polar surface area (TPSA) is 175 Å². The third-order valence-corrected chi connectivity index (χ3v) is 8.62. The molecule has 2 fully saturated rings. The number of para-hydroxylation sites is 1. The van der Waals surface area contributed by atoms with Gasteiger partial charge in [-0.25, -0.2) is 14.8 Å². The Morgan fingerprint density at radius 3 is 2.41 bits per heavy atom. The number of phenols is 1. The first-order valence-electron chi connectivity index (χ1n) is 15.2. The number of piperidine rings is 1. The Hall–Kier alpha value is -4.74. The molecule has 6 rings (SSSR count). The maximum absolute atomic E-state index is 12.8. The number of amides is 1. The second-order valence-electron chi connectivity index (χ2n) is 12.8. The van der Waals surface area contributed by atoms with Gasteiger partial charge in [-0.1, -0.05) is 18.2 Å². The molecule has 3 aliphatic rings. The van der Waals surface area contributed by atoms with E-state index in [0.29, 0.717) is 28.6 Å². The molecule has 7 N–H and O–H groups in total. The van der Waals surface area contributed by atoms with Crippen LogP contribution >= 0.6 is 0 Å². The standard InChI is InChI=1S/C32H41N9O3/c1-32(2,3)44-31(43)40-22-8-9-23(40)15-19(14-22)20-17-36-30(37-18-20)39-12-10-21(11-13-39)41-26(28(34)29(35)38-41)16-25(33)24-6-4-5-7-27(24)42/h4-7,14,16-18,21-23,42H,8-13,15,33-34H2,1-3H3,(H2,35,38)/b25-16-. The van der Waals surface area contributed by atoms with Gasteiger partial charge in [0, 0.05) is 48.3 Å². The van der Waals surface area contributed by atoms with Gasteiger partial charge in [0.05, 0.1) is 17.8 Å². The van der Waals surface area contributed by atoms with Gasteiger partial charge in [0.2, 0.25) is 5.95 Å². The van der Waals surface area contributed by atoms with E-state index in [2.05, 4.69) is 16.1 Å². The second-order valence-corrected chi connectivity index (χ2v) is 12.8. The van der Waals surface area contributed by atoms with Crippen LogP contribution in [-0.2, 0) is 4.74 Å². The molecule has 232 valence electrons. The summed E-state index contributed by atoms with van der Waals surface area (Å²) in [6, 6.07) is 7.12. The third kappa shape index (κ3) is 5.76.